The summed E-state index contributed by atoms with van der Waals surface area (Å²) in [6.45, 7) is 4.25. The molecule has 0 fully saturated rings. The van der Waals surface area contributed by atoms with Gasteiger partial charge in [-0.05, 0) is 13.3 Å². The summed E-state index contributed by atoms with van der Waals surface area (Å²) in [5, 5.41) is 0. The number of hydrogen-bond acceptors (Lipinski definition) is 3. The molecule has 0 aliphatic rings. The smallest absolute Gasteiger partial charge is 0.306 e. The lowest BCUT2D eigenvalue weighted by molar-refractivity contribution is -0.144. The van der Waals surface area contributed by atoms with Crippen molar-refractivity contribution in [2.45, 2.75) is 90.9 Å². The maximum atomic E-state index is 11.2. The van der Waals surface area contributed by atoms with E-state index in [0.29, 0.717) is 13.0 Å². The van der Waals surface area contributed by atoms with Gasteiger partial charge in [0.05, 0.1) is 13.0 Å². The summed E-state index contributed by atoms with van der Waals surface area (Å²) in [6.07, 6.45) is 13.3. The SMILES string of the molecule is CCCCCCCCCCCCOC(=O)CCC(C)=O. The lowest BCUT2D eigenvalue weighted by Gasteiger charge is -2.04. The van der Waals surface area contributed by atoms with Crippen LogP contribution in [0.25, 0.3) is 0 Å². The van der Waals surface area contributed by atoms with Crippen molar-refractivity contribution in [3.05, 3.63) is 0 Å². The largest absolute Gasteiger partial charge is 0.466 e. The van der Waals surface area contributed by atoms with Crippen molar-refractivity contribution in [3.8, 4) is 0 Å². The van der Waals surface area contributed by atoms with Crippen molar-refractivity contribution in [3.63, 3.8) is 0 Å². The van der Waals surface area contributed by atoms with Gasteiger partial charge in [0.1, 0.15) is 5.78 Å². The number of hydrogen-bond donors (Lipinski definition) is 0. The minimum atomic E-state index is -0.240. The van der Waals surface area contributed by atoms with Crippen molar-refractivity contribution in [2.75, 3.05) is 6.61 Å². The Kier molecular flexibility index (Phi) is 13.9. The monoisotopic (exact) mass is 284 g/mol. The molecular formula is C17H32O3. The maximum absolute atomic E-state index is 11.2. The second kappa shape index (κ2) is 14.5. The van der Waals surface area contributed by atoms with E-state index >= 15 is 0 Å². The maximum Gasteiger partial charge on any atom is 0.306 e. The van der Waals surface area contributed by atoms with Crippen molar-refractivity contribution in [1.82, 2.24) is 0 Å². The second-order valence-corrected chi connectivity index (χ2v) is 5.60. The minimum absolute atomic E-state index is 0.0425. The summed E-state index contributed by atoms with van der Waals surface area (Å²) in [6, 6.07) is 0. The summed E-state index contributed by atoms with van der Waals surface area (Å²) >= 11 is 0. The Morgan fingerprint density at radius 3 is 1.75 bits per heavy atom. The Bertz CT molecular complexity index is 249. The molecule has 0 radical (unpaired) electrons. The van der Waals surface area contributed by atoms with E-state index in [1.54, 1.807) is 0 Å². The molecule has 0 unspecified atom stereocenters. The van der Waals surface area contributed by atoms with Crippen molar-refractivity contribution < 1.29 is 14.3 Å². The molecule has 3 heteroatoms. The van der Waals surface area contributed by atoms with Gasteiger partial charge in [-0.25, -0.2) is 0 Å². The summed E-state index contributed by atoms with van der Waals surface area (Å²) < 4.78 is 5.07. The van der Waals surface area contributed by atoms with Gasteiger partial charge in [0.15, 0.2) is 0 Å². The molecule has 0 saturated heterocycles. The molecule has 3 nitrogen and oxygen atoms in total. The molecule has 0 aromatic heterocycles. The van der Waals surface area contributed by atoms with Crippen LogP contribution in [0.4, 0.5) is 0 Å². The number of ether oxygens (including phenoxy) is 1. The lowest BCUT2D eigenvalue weighted by Crippen LogP contribution is -2.07. The Balaban J connectivity index is 3.12. The summed E-state index contributed by atoms with van der Waals surface area (Å²) in [5.74, 6) is -0.197. The van der Waals surface area contributed by atoms with E-state index in [2.05, 4.69) is 6.92 Å². The van der Waals surface area contributed by atoms with Crippen molar-refractivity contribution in [2.24, 2.45) is 0 Å². The van der Waals surface area contributed by atoms with Crippen LogP contribution >= 0.6 is 0 Å². The quantitative estimate of drug-likeness (QED) is 0.339. The number of carbonyl (C=O) groups is 2. The fourth-order valence-corrected chi connectivity index (χ4v) is 2.13. The zero-order valence-electron chi connectivity index (χ0n) is 13.4. The fraction of sp³-hybridized carbons (Fsp3) is 0.882. The molecule has 0 spiro atoms. The van der Waals surface area contributed by atoms with Crippen LogP contribution in [-0.2, 0) is 14.3 Å². The molecule has 0 amide bonds. The van der Waals surface area contributed by atoms with Gasteiger partial charge in [0, 0.05) is 6.42 Å². The Morgan fingerprint density at radius 1 is 0.750 bits per heavy atom. The van der Waals surface area contributed by atoms with Gasteiger partial charge >= 0.3 is 5.97 Å². The van der Waals surface area contributed by atoms with E-state index in [0.717, 1.165) is 12.8 Å². The zero-order chi connectivity index (χ0) is 15.1. The van der Waals surface area contributed by atoms with Crippen LogP contribution in [0, 0.1) is 0 Å². The highest BCUT2D eigenvalue weighted by atomic mass is 16.5. The Morgan fingerprint density at radius 2 is 1.25 bits per heavy atom. The molecule has 0 aliphatic heterocycles. The highest BCUT2D eigenvalue weighted by molar-refractivity contribution is 5.80. The summed E-state index contributed by atoms with van der Waals surface area (Å²) in [4.78, 5) is 21.9. The topological polar surface area (TPSA) is 43.4 Å². The van der Waals surface area contributed by atoms with Crippen LogP contribution < -0.4 is 0 Å². The van der Waals surface area contributed by atoms with Gasteiger partial charge in [-0.15, -0.1) is 0 Å². The number of ketones is 1. The van der Waals surface area contributed by atoms with Gasteiger partial charge in [-0.1, -0.05) is 64.7 Å². The van der Waals surface area contributed by atoms with Crippen molar-refractivity contribution in [1.29, 1.82) is 0 Å². The van der Waals surface area contributed by atoms with Gasteiger partial charge in [-0.3, -0.25) is 4.79 Å². The third kappa shape index (κ3) is 15.2. The molecule has 0 heterocycles. The lowest BCUT2D eigenvalue weighted by atomic mass is 10.1. The first kappa shape index (κ1) is 19.1. The summed E-state index contributed by atoms with van der Waals surface area (Å²) in [7, 11) is 0. The van der Waals surface area contributed by atoms with Crippen LogP contribution in [0.1, 0.15) is 90.9 Å². The standard InChI is InChI=1S/C17H32O3/c1-3-4-5-6-7-8-9-10-11-12-15-20-17(19)14-13-16(2)18/h3-15H2,1-2H3. The highest BCUT2D eigenvalue weighted by Crippen LogP contribution is 2.10. The predicted molar refractivity (Wildman–Crippen MR) is 82.7 cm³/mol. The second-order valence-electron chi connectivity index (χ2n) is 5.60. The minimum Gasteiger partial charge on any atom is -0.466 e. The van der Waals surface area contributed by atoms with E-state index < -0.39 is 0 Å². The first-order valence-electron chi connectivity index (χ1n) is 8.32. The zero-order valence-corrected chi connectivity index (χ0v) is 13.4. The van der Waals surface area contributed by atoms with E-state index in [9.17, 15) is 9.59 Å². The molecule has 0 aromatic carbocycles. The molecule has 0 rings (SSSR count). The Hall–Kier alpha value is -0.860. The van der Waals surface area contributed by atoms with Gasteiger partial charge < -0.3 is 9.53 Å². The average Bonchev–Trinajstić information content (AvgIpc) is 2.42. The molecule has 20 heavy (non-hydrogen) atoms. The average molecular weight is 284 g/mol. The van der Waals surface area contributed by atoms with Crippen LogP contribution in [0.3, 0.4) is 0 Å². The predicted octanol–water partition coefficient (Wildman–Crippen LogP) is 4.82. The van der Waals surface area contributed by atoms with Gasteiger partial charge in [0.25, 0.3) is 0 Å². The fourth-order valence-electron chi connectivity index (χ4n) is 2.13. The molecular weight excluding hydrogens is 252 g/mol. The highest BCUT2D eigenvalue weighted by Gasteiger charge is 2.04. The van der Waals surface area contributed by atoms with Crippen molar-refractivity contribution >= 4 is 11.8 Å². The normalized spacial score (nSPS) is 10.5. The number of Topliss-reactive ketones (excluding diaryl/α,β-unsaturated/α-hetero) is 1. The number of unbranched alkanes of at least 4 members (excludes halogenated alkanes) is 9. The molecule has 118 valence electrons. The molecule has 0 bridgehead atoms. The number of esters is 1. The van der Waals surface area contributed by atoms with E-state index in [1.807, 2.05) is 0 Å². The van der Waals surface area contributed by atoms with Crippen LogP contribution in [0.5, 0.6) is 0 Å². The third-order valence-electron chi connectivity index (χ3n) is 3.44. The van der Waals surface area contributed by atoms with Gasteiger partial charge in [-0.2, -0.15) is 0 Å². The van der Waals surface area contributed by atoms with E-state index in [1.165, 1.54) is 58.3 Å². The van der Waals surface area contributed by atoms with Crippen LogP contribution in [0.2, 0.25) is 0 Å². The van der Waals surface area contributed by atoms with Crippen LogP contribution in [-0.4, -0.2) is 18.4 Å². The summed E-state index contributed by atoms with van der Waals surface area (Å²) in [5.41, 5.74) is 0. The van der Waals surface area contributed by atoms with Gasteiger partial charge in [0.2, 0.25) is 0 Å². The van der Waals surface area contributed by atoms with E-state index in [4.69, 9.17) is 4.74 Å². The Labute approximate surface area is 124 Å². The van der Waals surface area contributed by atoms with Crippen LogP contribution in [0.15, 0.2) is 0 Å². The number of rotatable bonds is 14. The first-order chi connectivity index (χ1) is 9.66. The molecule has 0 aliphatic carbocycles. The number of carbonyl (C=O) groups excluding carboxylic acids is 2. The molecule has 0 saturated carbocycles. The molecule has 0 aromatic rings. The van der Waals surface area contributed by atoms with E-state index in [-0.39, 0.29) is 18.2 Å². The molecule has 0 atom stereocenters. The first-order valence-corrected chi connectivity index (χ1v) is 8.32. The molecule has 0 N–H and O–H groups in total. The third-order valence-corrected chi connectivity index (χ3v) is 3.44.